The number of aromatic nitrogens is 2. The van der Waals surface area contributed by atoms with Gasteiger partial charge in [-0.25, -0.2) is 0 Å². The summed E-state index contributed by atoms with van der Waals surface area (Å²) in [5.41, 5.74) is 3.78. The minimum atomic E-state index is 0.714. The van der Waals surface area contributed by atoms with E-state index >= 15 is 0 Å². The Labute approximate surface area is 126 Å². The number of nitrogens with zero attached hydrogens (tertiary/aromatic N) is 2. The standard InChI is InChI=1S/C17H23N3O/c1-20-17(10-13-4-3-9-18-11-13)16(12-19-20)14-5-7-15(21-2)8-6-14/h5-8,12-13,18H,3-4,9-11H2,1-2H3. The highest BCUT2D eigenvalue weighted by Gasteiger charge is 2.18. The Hall–Kier alpha value is -1.81. The van der Waals surface area contributed by atoms with Gasteiger partial charge in [-0.3, -0.25) is 4.68 Å². The maximum absolute atomic E-state index is 5.23. The van der Waals surface area contributed by atoms with Crippen molar-refractivity contribution in [3.63, 3.8) is 0 Å². The van der Waals surface area contributed by atoms with Crippen LogP contribution in [0.5, 0.6) is 5.75 Å². The number of ether oxygens (including phenoxy) is 1. The third-order valence-corrected chi connectivity index (χ3v) is 4.34. The third kappa shape index (κ3) is 3.10. The predicted octanol–water partition coefficient (Wildman–Crippen LogP) is 2.64. The molecule has 2 aromatic rings. The van der Waals surface area contributed by atoms with E-state index in [1.807, 2.05) is 30.1 Å². The molecule has 1 aromatic heterocycles. The Bertz CT molecular complexity index is 583. The Morgan fingerprint density at radius 2 is 2.14 bits per heavy atom. The van der Waals surface area contributed by atoms with Crippen molar-refractivity contribution < 1.29 is 4.74 Å². The van der Waals surface area contributed by atoms with Crippen molar-refractivity contribution in [2.45, 2.75) is 19.3 Å². The molecule has 112 valence electrons. The largest absolute Gasteiger partial charge is 0.497 e. The highest BCUT2D eigenvalue weighted by molar-refractivity contribution is 5.66. The summed E-state index contributed by atoms with van der Waals surface area (Å²) >= 11 is 0. The Balaban J connectivity index is 1.84. The molecule has 1 fully saturated rings. The van der Waals surface area contributed by atoms with E-state index in [2.05, 4.69) is 22.5 Å². The SMILES string of the molecule is COc1ccc(-c2cnn(C)c2CC2CCCNC2)cc1. The second kappa shape index (κ2) is 6.31. The minimum absolute atomic E-state index is 0.714. The number of hydrogen-bond donors (Lipinski definition) is 1. The van der Waals surface area contributed by atoms with Crippen LogP contribution >= 0.6 is 0 Å². The fourth-order valence-corrected chi connectivity index (χ4v) is 3.09. The first-order valence-corrected chi connectivity index (χ1v) is 7.64. The summed E-state index contributed by atoms with van der Waals surface area (Å²) in [4.78, 5) is 0. The molecule has 21 heavy (non-hydrogen) atoms. The molecule has 0 radical (unpaired) electrons. The Morgan fingerprint density at radius 3 is 2.81 bits per heavy atom. The van der Waals surface area contributed by atoms with Crippen molar-refractivity contribution in [1.29, 1.82) is 0 Å². The van der Waals surface area contributed by atoms with Crippen molar-refractivity contribution in [3.8, 4) is 16.9 Å². The van der Waals surface area contributed by atoms with Gasteiger partial charge in [0.1, 0.15) is 5.75 Å². The van der Waals surface area contributed by atoms with Gasteiger partial charge in [-0.2, -0.15) is 5.10 Å². The van der Waals surface area contributed by atoms with Gasteiger partial charge in [-0.1, -0.05) is 12.1 Å². The van der Waals surface area contributed by atoms with Crippen LogP contribution < -0.4 is 10.1 Å². The molecular weight excluding hydrogens is 262 g/mol. The molecule has 1 aliphatic heterocycles. The van der Waals surface area contributed by atoms with Gasteiger partial charge >= 0.3 is 0 Å². The molecule has 4 nitrogen and oxygen atoms in total. The van der Waals surface area contributed by atoms with Crippen molar-refractivity contribution in [2.24, 2.45) is 13.0 Å². The van der Waals surface area contributed by atoms with E-state index in [0.29, 0.717) is 5.92 Å². The smallest absolute Gasteiger partial charge is 0.118 e. The summed E-state index contributed by atoms with van der Waals surface area (Å²) in [6.07, 6.45) is 5.65. The average molecular weight is 285 g/mol. The van der Waals surface area contributed by atoms with E-state index in [4.69, 9.17) is 4.74 Å². The Kier molecular flexibility index (Phi) is 4.25. The lowest BCUT2D eigenvalue weighted by atomic mass is 9.92. The van der Waals surface area contributed by atoms with Gasteiger partial charge < -0.3 is 10.1 Å². The number of hydrogen-bond acceptors (Lipinski definition) is 3. The molecule has 1 unspecified atom stereocenters. The molecule has 1 aromatic carbocycles. The first kappa shape index (κ1) is 14.1. The van der Waals surface area contributed by atoms with E-state index < -0.39 is 0 Å². The first-order valence-electron chi connectivity index (χ1n) is 7.64. The molecule has 0 bridgehead atoms. The summed E-state index contributed by atoms with van der Waals surface area (Å²) in [6.45, 7) is 2.28. The summed E-state index contributed by atoms with van der Waals surface area (Å²) < 4.78 is 7.25. The van der Waals surface area contributed by atoms with Crippen LogP contribution in [0.4, 0.5) is 0 Å². The quantitative estimate of drug-likeness (QED) is 0.938. The molecule has 1 saturated heterocycles. The van der Waals surface area contributed by atoms with E-state index in [-0.39, 0.29) is 0 Å². The second-order valence-corrected chi connectivity index (χ2v) is 5.77. The summed E-state index contributed by atoms with van der Waals surface area (Å²) in [6, 6.07) is 8.24. The molecule has 4 heteroatoms. The topological polar surface area (TPSA) is 39.1 Å². The maximum atomic E-state index is 5.23. The van der Waals surface area contributed by atoms with E-state index in [9.17, 15) is 0 Å². The number of rotatable bonds is 4. The van der Waals surface area contributed by atoms with Crippen LogP contribution in [0.3, 0.4) is 0 Å². The molecule has 3 rings (SSSR count). The zero-order valence-electron chi connectivity index (χ0n) is 12.8. The van der Waals surface area contributed by atoms with Crippen LogP contribution in [0.2, 0.25) is 0 Å². The van der Waals surface area contributed by atoms with Crippen LogP contribution in [-0.4, -0.2) is 30.0 Å². The number of nitrogens with one attached hydrogen (secondary N) is 1. The lowest BCUT2D eigenvalue weighted by molar-refractivity contribution is 0.370. The van der Waals surface area contributed by atoms with Gasteiger partial charge in [0.2, 0.25) is 0 Å². The predicted molar refractivity (Wildman–Crippen MR) is 84.5 cm³/mol. The summed E-state index contributed by atoms with van der Waals surface area (Å²) in [5, 5.41) is 7.96. The maximum Gasteiger partial charge on any atom is 0.118 e. The lowest BCUT2D eigenvalue weighted by Crippen LogP contribution is -2.31. The van der Waals surface area contributed by atoms with E-state index in [1.165, 1.54) is 29.7 Å². The molecule has 0 amide bonds. The lowest BCUT2D eigenvalue weighted by Gasteiger charge is -2.23. The second-order valence-electron chi connectivity index (χ2n) is 5.77. The van der Waals surface area contributed by atoms with Crippen LogP contribution in [-0.2, 0) is 13.5 Å². The van der Waals surface area contributed by atoms with Crippen LogP contribution in [0.15, 0.2) is 30.5 Å². The number of aryl methyl sites for hydroxylation is 1. The molecule has 0 aliphatic carbocycles. The highest BCUT2D eigenvalue weighted by Crippen LogP contribution is 2.28. The van der Waals surface area contributed by atoms with Gasteiger partial charge in [-0.15, -0.1) is 0 Å². The fourth-order valence-electron chi connectivity index (χ4n) is 3.09. The highest BCUT2D eigenvalue weighted by atomic mass is 16.5. The average Bonchev–Trinajstić information content (AvgIpc) is 2.90. The molecule has 0 saturated carbocycles. The van der Waals surface area contributed by atoms with Crippen LogP contribution in [0.1, 0.15) is 18.5 Å². The normalized spacial score (nSPS) is 18.7. The van der Waals surface area contributed by atoms with Gasteiger partial charge in [-0.05, 0) is 56.0 Å². The Morgan fingerprint density at radius 1 is 1.33 bits per heavy atom. The molecule has 0 spiro atoms. The monoisotopic (exact) mass is 285 g/mol. The number of piperidine rings is 1. The van der Waals surface area contributed by atoms with Crippen LogP contribution in [0.25, 0.3) is 11.1 Å². The summed E-state index contributed by atoms with van der Waals surface area (Å²) in [5.74, 6) is 1.60. The minimum Gasteiger partial charge on any atom is -0.497 e. The van der Waals surface area contributed by atoms with Crippen molar-refractivity contribution in [1.82, 2.24) is 15.1 Å². The van der Waals surface area contributed by atoms with E-state index in [1.54, 1.807) is 7.11 Å². The number of methoxy groups -OCH3 is 1. The van der Waals surface area contributed by atoms with Crippen molar-refractivity contribution in [3.05, 3.63) is 36.2 Å². The molecule has 1 N–H and O–H groups in total. The first-order chi connectivity index (χ1) is 10.3. The molecular formula is C17H23N3O. The van der Waals surface area contributed by atoms with E-state index in [0.717, 1.165) is 25.3 Å². The number of benzene rings is 1. The van der Waals surface area contributed by atoms with Crippen LogP contribution in [0, 0.1) is 5.92 Å². The van der Waals surface area contributed by atoms with Gasteiger partial charge in [0, 0.05) is 18.3 Å². The zero-order valence-corrected chi connectivity index (χ0v) is 12.8. The molecule has 2 heterocycles. The van der Waals surface area contributed by atoms with Gasteiger partial charge in [0.25, 0.3) is 0 Å². The molecule has 1 atom stereocenters. The van der Waals surface area contributed by atoms with Crippen molar-refractivity contribution in [2.75, 3.05) is 20.2 Å². The zero-order chi connectivity index (χ0) is 14.7. The third-order valence-electron chi connectivity index (χ3n) is 4.34. The van der Waals surface area contributed by atoms with Crippen molar-refractivity contribution >= 4 is 0 Å². The molecule has 1 aliphatic rings. The fraction of sp³-hybridized carbons (Fsp3) is 0.471. The summed E-state index contributed by atoms with van der Waals surface area (Å²) in [7, 11) is 3.74. The van der Waals surface area contributed by atoms with Gasteiger partial charge in [0.05, 0.1) is 13.3 Å². The van der Waals surface area contributed by atoms with Gasteiger partial charge in [0.15, 0.2) is 0 Å².